The molecule has 0 aromatic carbocycles. The summed E-state index contributed by atoms with van der Waals surface area (Å²) in [5, 5.41) is 28.1. The molecule has 1 unspecified atom stereocenters. The van der Waals surface area contributed by atoms with Crippen molar-refractivity contribution in [2.45, 2.75) is 24.9 Å². The van der Waals surface area contributed by atoms with Crippen molar-refractivity contribution in [3.8, 4) is 0 Å². The number of aliphatic hydroxyl groups is 2. The van der Waals surface area contributed by atoms with Crippen LogP contribution in [0.1, 0.15) is 18.2 Å². The van der Waals surface area contributed by atoms with Crippen molar-refractivity contribution in [2.24, 2.45) is 0 Å². The highest BCUT2D eigenvalue weighted by Gasteiger charge is 2.35. The zero-order valence-corrected chi connectivity index (χ0v) is 12.2. The fraction of sp³-hybridized carbons (Fsp3) is 0.462. The van der Waals surface area contributed by atoms with E-state index in [2.05, 4.69) is 9.72 Å². The van der Waals surface area contributed by atoms with Crippen LogP contribution in [0, 0.1) is 0 Å². The largest absolute Gasteiger partial charge is 0.466 e. The summed E-state index contributed by atoms with van der Waals surface area (Å²) in [6.07, 6.45) is 1.17. The van der Waals surface area contributed by atoms with Crippen molar-refractivity contribution in [3.63, 3.8) is 0 Å². The number of aliphatic hydroxyl groups excluding tert-OH is 2. The van der Waals surface area contributed by atoms with Crippen LogP contribution in [-0.2, 0) is 14.3 Å². The highest BCUT2D eigenvalue weighted by atomic mass is 16.5. The van der Waals surface area contributed by atoms with Gasteiger partial charge >= 0.3 is 11.7 Å². The van der Waals surface area contributed by atoms with Gasteiger partial charge in [0.1, 0.15) is 6.10 Å². The summed E-state index contributed by atoms with van der Waals surface area (Å²) in [6, 6.07) is 0. The second-order valence-corrected chi connectivity index (χ2v) is 4.84. The zero-order chi connectivity index (χ0) is 17.0. The van der Waals surface area contributed by atoms with Gasteiger partial charge in [0.05, 0.1) is 19.8 Å². The topological polar surface area (TPSA) is 143 Å². The van der Waals surface area contributed by atoms with Crippen LogP contribution in [0.4, 0.5) is 5.82 Å². The van der Waals surface area contributed by atoms with Crippen molar-refractivity contribution in [1.29, 1.82) is 0 Å². The van der Waals surface area contributed by atoms with Gasteiger partial charge in [-0.3, -0.25) is 15.3 Å². The predicted octanol–water partition coefficient (Wildman–Crippen LogP) is -1.13. The number of methoxy groups -OCH3 is 1. The molecule has 2 heterocycles. The lowest BCUT2D eigenvalue weighted by Gasteiger charge is -2.18. The fourth-order valence-corrected chi connectivity index (χ4v) is 2.20. The van der Waals surface area contributed by atoms with Gasteiger partial charge in [-0.05, 0) is 6.08 Å². The first kappa shape index (κ1) is 17.1. The van der Waals surface area contributed by atoms with Gasteiger partial charge in [0, 0.05) is 24.3 Å². The van der Waals surface area contributed by atoms with E-state index < -0.39 is 30.1 Å². The van der Waals surface area contributed by atoms with E-state index in [4.69, 9.17) is 15.1 Å². The Morgan fingerprint density at radius 2 is 2.39 bits per heavy atom. The van der Waals surface area contributed by atoms with Gasteiger partial charge in [0.2, 0.25) is 0 Å². The molecule has 1 aromatic heterocycles. The van der Waals surface area contributed by atoms with E-state index >= 15 is 0 Å². The molecule has 3 atom stereocenters. The molecular formula is C13H17N3O7. The molecule has 23 heavy (non-hydrogen) atoms. The van der Waals surface area contributed by atoms with Crippen LogP contribution in [0.25, 0.3) is 6.08 Å². The van der Waals surface area contributed by atoms with Crippen molar-refractivity contribution in [2.75, 3.05) is 19.2 Å². The molecule has 10 heteroatoms. The molecule has 1 aliphatic heterocycles. The number of hydrogen-bond donors (Lipinski definition) is 4. The Hall–Kier alpha value is -2.27. The van der Waals surface area contributed by atoms with E-state index in [-0.39, 0.29) is 24.4 Å². The molecule has 10 nitrogen and oxygen atoms in total. The minimum absolute atomic E-state index is 0.168. The third kappa shape index (κ3) is 3.74. The van der Waals surface area contributed by atoms with Gasteiger partial charge in [0.25, 0.3) is 0 Å². The van der Waals surface area contributed by atoms with E-state index in [0.717, 1.165) is 10.6 Å². The fourth-order valence-electron chi connectivity index (χ4n) is 2.20. The third-order valence-corrected chi connectivity index (χ3v) is 3.33. The van der Waals surface area contributed by atoms with E-state index in [1.165, 1.54) is 19.4 Å². The summed E-state index contributed by atoms with van der Waals surface area (Å²) in [5.41, 5.74) is 1.17. The van der Waals surface area contributed by atoms with Gasteiger partial charge < -0.3 is 19.7 Å². The Kier molecular flexibility index (Phi) is 5.45. The first-order valence-electron chi connectivity index (χ1n) is 6.73. The Balaban J connectivity index is 2.39. The Morgan fingerprint density at radius 3 is 2.96 bits per heavy atom. The Labute approximate surface area is 130 Å². The van der Waals surface area contributed by atoms with Gasteiger partial charge in [0.15, 0.2) is 12.0 Å². The predicted molar refractivity (Wildman–Crippen MR) is 76.6 cm³/mol. The number of nitrogens with zero attached hydrogens (tertiary/aromatic N) is 2. The monoisotopic (exact) mass is 327 g/mol. The molecule has 1 aromatic rings. The molecule has 1 saturated heterocycles. The van der Waals surface area contributed by atoms with Crippen LogP contribution in [-0.4, -0.2) is 56.9 Å². The summed E-state index contributed by atoms with van der Waals surface area (Å²) in [4.78, 5) is 26.8. The first-order valence-corrected chi connectivity index (χ1v) is 6.73. The summed E-state index contributed by atoms with van der Waals surface area (Å²) in [6.45, 7) is -0.291. The number of ether oxygens (including phenoxy) is 2. The second-order valence-electron chi connectivity index (χ2n) is 4.84. The van der Waals surface area contributed by atoms with E-state index in [0.29, 0.717) is 0 Å². The molecule has 0 amide bonds. The average molecular weight is 327 g/mol. The van der Waals surface area contributed by atoms with Crippen LogP contribution < -0.4 is 11.2 Å². The molecule has 1 fully saturated rings. The second kappa shape index (κ2) is 7.33. The Morgan fingerprint density at radius 1 is 1.65 bits per heavy atom. The van der Waals surface area contributed by atoms with Crippen molar-refractivity contribution < 1.29 is 29.7 Å². The lowest BCUT2D eigenvalue weighted by atomic mass is 10.2. The minimum Gasteiger partial charge on any atom is -0.466 e. The molecule has 0 saturated carbocycles. The number of esters is 1. The molecule has 0 spiro atoms. The maximum Gasteiger partial charge on any atom is 0.351 e. The molecule has 0 aliphatic carbocycles. The lowest BCUT2D eigenvalue weighted by molar-refractivity contribution is -0.134. The van der Waals surface area contributed by atoms with Gasteiger partial charge in [-0.2, -0.15) is 4.98 Å². The quantitative estimate of drug-likeness (QED) is 0.300. The molecule has 0 bridgehead atoms. The highest BCUT2D eigenvalue weighted by Crippen LogP contribution is 2.28. The molecule has 2 rings (SSSR count). The van der Waals surface area contributed by atoms with Gasteiger partial charge in [-0.1, -0.05) is 0 Å². The van der Waals surface area contributed by atoms with E-state index in [9.17, 15) is 14.7 Å². The van der Waals surface area contributed by atoms with E-state index in [1.807, 2.05) is 0 Å². The number of nitrogens with one attached hydrogen (secondary N) is 1. The van der Waals surface area contributed by atoms with Crippen LogP contribution in [0.5, 0.6) is 0 Å². The average Bonchev–Trinajstić information content (AvgIpc) is 2.93. The number of rotatable bonds is 5. The number of aromatic nitrogens is 2. The standard InChI is InChI=1S/C13H17N3O7/c1-22-10(19)3-2-7-5-16(13(20)14-11(7)15-21)12-9(18)4-8(6-17)23-12/h2-3,5,8-9,12,17-18,21H,4,6H2,1H3,(H,14,15,20)/t8-,9?,12+/m0/s1. The normalized spacial score (nSPS) is 24.1. The van der Waals surface area contributed by atoms with Crippen LogP contribution in [0.2, 0.25) is 0 Å². The Bertz CT molecular complexity index is 657. The van der Waals surface area contributed by atoms with Gasteiger partial charge in [-0.25, -0.2) is 9.59 Å². The van der Waals surface area contributed by atoms with Crippen molar-refractivity contribution >= 4 is 17.9 Å². The summed E-state index contributed by atoms with van der Waals surface area (Å²) < 4.78 is 10.9. The van der Waals surface area contributed by atoms with Crippen LogP contribution >= 0.6 is 0 Å². The minimum atomic E-state index is -1.02. The molecule has 126 valence electrons. The smallest absolute Gasteiger partial charge is 0.351 e. The van der Waals surface area contributed by atoms with Gasteiger partial charge in [-0.15, -0.1) is 0 Å². The molecule has 0 radical (unpaired) electrons. The van der Waals surface area contributed by atoms with Crippen LogP contribution in [0.15, 0.2) is 17.1 Å². The lowest BCUT2D eigenvalue weighted by Crippen LogP contribution is -2.32. The van der Waals surface area contributed by atoms with Crippen molar-refractivity contribution in [1.82, 2.24) is 9.55 Å². The van der Waals surface area contributed by atoms with E-state index in [1.54, 1.807) is 5.48 Å². The van der Waals surface area contributed by atoms with Crippen molar-refractivity contribution in [3.05, 3.63) is 28.3 Å². The summed E-state index contributed by atoms with van der Waals surface area (Å²) >= 11 is 0. The number of hydrogen-bond acceptors (Lipinski definition) is 9. The zero-order valence-electron chi connectivity index (χ0n) is 12.2. The summed E-state index contributed by atoms with van der Waals surface area (Å²) in [5.74, 6) is -0.804. The SMILES string of the molecule is COC(=O)C=Cc1cn([C@@H]2O[C@H](CO)CC2O)c(=O)nc1NO. The number of carbonyl (C=O) groups excluding carboxylic acids is 1. The summed E-state index contributed by atoms with van der Waals surface area (Å²) in [7, 11) is 1.20. The number of anilines is 1. The van der Waals surface area contributed by atoms with Crippen LogP contribution in [0.3, 0.4) is 0 Å². The highest BCUT2D eigenvalue weighted by molar-refractivity contribution is 5.87. The number of carbonyl (C=O) groups is 1. The maximum absolute atomic E-state index is 12.0. The molecule has 4 N–H and O–H groups in total. The molecular weight excluding hydrogens is 310 g/mol. The third-order valence-electron chi connectivity index (χ3n) is 3.33. The maximum atomic E-state index is 12.0. The molecule has 1 aliphatic rings. The first-order chi connectivity index (χ1) is 11.0.